The zero-order valence-electron chi connectivity index (χ0n) is 8.90. The van der Waals surface area contributed by atoms with Crippen LogP contribution < -0.4 is 4.90 Å². The molecule has 80 valence electrons. The number of rotatable bonds is 0. The first kappa shape index (κ1) is 9.96. The fourth-order valence-corrected chi connectivity index (χ4v) is 1.93. The van der Waals surface area contributed by atoms with Gasteiger partial charge in [0, 0.05) is 12.2 Å². The maximum atomic E-state index is 11.0. The van der Waals surface area contributed by atoms with Crippen molar-refractivity contribution < 1.29 is 9.90 Å². The SMILES string of the molecule is Cc1ccc2c(n1)N(C(=O)O)CCC2C. The van der Waals surface area contributed by atoms with Crippen LogP contribution in [0.25, 0.3) is 0 Å². The van der Waals surface area contributed by atoms with Crippen molar-refractivity contribution >= 4 is 11.9 Å². The number of hydrogen-bond acceptors (Lipinski definition) is 2. The Labute approximate surface area is 88.6 Å². The van der Waals surface area contributed by atoms with E-state index >= 15 is 0 Å². The predicted octanol–water partition coefficient (Wildman–Crippen LogP) is 2.38. The third-order valence-electron chi connectivity index (χ3n) is 2.85. The molecule has 4 heteroatoms. The topological polar surface area (TPSA) is 53.4 Å². The van der Waals surface area contributed by atoms with Gasteiger partial charge in [-0.15, -0.1) is 0 Å². The Kier molecular flexibility index (Phi) is 2.34. The molecule has 15 heavy (non-hydrogen) atoms. The van der Waals surface area contributed by atoms with Gasteiger partial charge in [-0.3, -0.25) is 4.90 Å². The molecule has 1 atom stereocenters. The van der Waals surface area contributed by atoms with Crippen molar-refractivity contribution in [3.8, 4) is 0 Å². The van der Waals surface area contributed by atoms with E-state index in [4.69, 9.17) is 5.11 Å². The molecule has 1 aliphatic rings. The summed E-state index contributed by atoms with van der Waals surface area (Å²) in [5.74, 6) is 1.00. The van der Waals surface area contributed by atoms with Crippen molar-refractivity contribution in [1.29, 1.82) is 0 Å². The van der Waals surface area contributed by atoms with Crippen LogP contribution in [-0.2, 0) is 0 Å². The first-order valence-corrected chi connectivity index (χ1v) is 5.07. The van der Waals surface area contributed by atoms with Crippen molar-refractivity contribution in [3.63, 3.8) is 0 Å². The van der Waals surface area contributed by atoms with Gasteiger partial charge in [-0.25, -0.2) is 9.78 Å². The highest BCUT2D eigenvalue weighted by molar-refractivity contribution is 5.86. The second-order valence-electron chi connectivity index (χ2n) is 3.99. The molecule has 0 aromatic carbocycles. The first-order valence-electron chi connectivity index (χ1n) is 5.07. The Hall–Kier alpha value is -1.58. The van der Waals surface area contributed by atoms with Gasteiger partial charge < -0.3 is 5.11 Å². The van der Waals surface area contributed by atoms with E-state index in [1.807, 2.05) is 19.1 Å². The van der Waals surface area contributed by atoms with Gasteiger partial charge in [0.15, 0.2) is 0 Å². The Morgan fingerprint density at radius 3 is 3.00 bits per heavy atom. The van der Waals surface area contributed by atoms with Crippen LogP contribution in [0.5, 0.6) is 0 Å². The molecule has 1 aromatic rings. The molecule has 1 aromatic heterocycles. The summed E-state index contributed by atoms with van der Waals surface area (Å²) in [5.41, 5.74) is 1.89. The van der Waals surface area contributed by atoms with Crippen LogP contribution >= 0.6 is 0 Å². The van der Waals surface area contributed by atoms with Gasteiger partial charge in [0.05, 0.1) is 0 Å². The van der Waals surface area contributed by atoms with Gasteiger partial charge in [0.1, 0.15) is 5.82 Å². The average Bonchev–Trinajstić information content (AvgIpc) is 2.17. The summed E-state index contributed by atoms with van der Waals surface area (Å²) in [6.45, 7) is 4.52. The van der Waals surface area contributed by atoms with E-state index in [2.05, 4.69) is 11.9 Å². The number of fused-ring (bicyclic) bond motifs is 1. The molecule has 0 fully saturated rings. The maximum Gasteiger partial charge on any atom is 0.413 e. The molecule has 2 heterocycles. The van der Waals surface area contributed by atoms with Gasteiger partial charge in [0.2, 0.25) is 0 Å². The summed E-state index contributed by atoms with van der Waals surface area (Å²) < 4.78 is 0. The summed E-state index contributed by atoms with van der Waals surface area (Å²) in [7, 11) is 0. The molecule has 0 aliphatic carbocycles. The summed E-state index contributed by atoms with van der Waals surface area (Å²) in [6, 6.07) is 3.91. The average molecular weight is 206 g/mol. The van der Waals surface area contributed by atoms with Gasteiger partial charge in [-0.05, 0) is 30.9 Å². The predicted molar refractivity (Wildman–Crippen MR) is 57.4 cm³/mol. The number of nitrogens with zero attached hydrogens (tertiary/aromatic N) is 2. The van der Waals surface area contributed by atoms with Crippen molar-refractivity contribution in [2.24, 2.45) is 0 Å². The highest BCUT2D eigenvalue weighted by atomic mass is 16.4. The highest BCUT2D eigenvalue weighted by Gasteiger charge is 2.27. The summed E-state index contributed by atoms with van der Waals surface area (Å²) in [6.07, 6.45) is -0.0504. The van der Waals surface area contributed by atoms with E-state index in [0.29, 0.717) is 18.3 Å². The zero-order chi connectivity index (χ0) is 11.0. The molecule has 1 unspecified atom stereocenters. The standard InChI is InChI=1S/C11H14N2O2/c1-7-5-6-13(11(14)15)10-9(7)4-3-8(2)12-10/h3-4,7H,5-6H2,1-2H3,(H,14,15). The molecule has 4 nitrogen and oxygen atoms in total. The Balaban J connectivity index is 2.51. The van der Waals surface area contributed by atoms with Gasteiger partial charge >= 0.3 is 6.09 Å². The second-order valence-corrected chi connectivity index (χ2v) is 3.99. The minimum Gasteiger partial charge on any atom is -0.465 e. The smallest absolute Gasteiger partial charge is 0.413 e. The fourth-order valence-electron chi connectivity index (χ4n) is 1.93. The van der Waals surface area contributed by atoms with Crippen LogP contribution in [-0.4, -0.2) is 22.7 Å². The second kappa shape index (κ2) is 3.53. The quantitative estimate of drug-likeness (QED) is 0.709. The number of anilines is 1. The monoisotopic (exact) mass is 206 g/mol. The molecular weight excluding hydrogens is 192 g/mol. The lowest BCUT2D eigenvalue weighted by atomic mass is 9.94. The maximum absolute atomic E-state index is 11.0. The fraction of sp³-hybridized carbons (Fsp3) is 0.455. The van der Waals surface area contributed by atoms with E-state index in [0.717, 1.165) is 17.7 Å². The van der Waals surface area contributed by atoms with Crippen molar-refractivity contribution in [1.82, 2.24) is 4.98 Å². The van der Waals surface area contributed by atoms with Crippen LogP contribution in [0.2, 0.25) is 0 Å². The number of hydrogen-bond donors (Lipinski definition) is 1. The van der Waals surface area contributed by atoms with Crippen LogP contribution in [0.3, 0.4) is 0 Å². The van der Waals surface area contributed by atoms with E-state index in [1.165, 1.54) is 4.90 Å². The summed E-state index contributed by atoms with van der Waals surface area (Å²) in [4.78, 5) is 16.7. The van der Waals surface area contributed by atoms with Crippen LogP contribution in [0, 0.1) is 6.92 Å². The number of carboxylic acid groups (broad SMARTS) is 1. The zero-order valence-corrected chi connectivity index (χ0v) is 8.90. The van der Waals surface area contributed by atoms with E-state index < -0.39 is 6.09 Å². The molecule has 1 amide bonds. The molecular formula is C11H14N2O2. The molecule has 0 saturated carbocycles. The van der Waals surface area contributed by atoms with Crippen molar-refractivity contribution in [2.75, 3.05) is 11.4 Å². The first-order chi connectivity index (χ1) is 7.09. The van der Waals surface area contributed by atoms with Gasteiger partial charge in [-0.1, -0.05) is 13.0 Å². The number of pyridine rings is 1. The largest absolute Gasteiger partial charge is 0.465 e. The molecule has 0 spiro atoms. The lowest BCUT2D eigenvalue weighted by Crippen LogP contribution is -2.36. The van der Waals surface area contributed by atoms with E-state index in [-0.39, 0.29) is 0 Å². The lowest BCUT2D eigenvalue weighted by molar-refractivity contribution is 0.200. The van der Waals surface area contributed by atoms with Crippen molar-refractivity contribution in [2.45, 2.75) is 26.2 Å². The number of carbonyl (C=O) groups is 1. The molecule has 0 bridgehead atoms. The van der Waals surface area contributed by atoms with Crippen LogP contribution in [0.1, 0.15) is 30.5 Å². The molecule has 0 radical (unpaired) electrons. The minimum absolute atomic E-state index is 0.392. The van der Waals surface area contributed by atoms with Crippen LogP contribution in [0.15, 0.2) is 12.1 Å². The Bertz CT molecular complexity index is 404. The third kappa shape index (κ3) is 1.67. The molecule has 0 saturated heterocycles. The molecule has 1 aliphatic heterocycles. The third-order valence-corrected chi connectivity index (χ3v) is 2.85. The van der Waals surface area contributed by atoms with E-state index in [1.54, 1.807) is 0 Å². The summed E-state index contributed by atoms with van der Waals surface area (Å²) in [5, 5.41) is 9.05. The Morgan fingerprint density at radius 1 is 1.60 bits per heavy atom. The molecule has 1 N–H and O–H groups in total. The Morgan fingerprint density at radius 2 is 2.33 bits per heavy atom. The van der Waals surface area contributed by atoms with E-state index in [9.17, 15) is 4.79 Å². The normalized spacial score (nSPS) is 19.9. The minimum atomic E-state index is -0.916. The van der Waals surface area contributed by atoms with Gasteiger partial charge in [0.25, 0.3) is 0 Å². The number of amides is 1. The lowest BCUT2D eigenvalue weighted by Gasteiger charge is -2.29. The van der Waals surface area contributed by atoms with Crippen molar-refractivity contribution in [3.05, 3.63) is 23.4 Å². The highest BCUT2D eigenvalue weighted by Crippen LogP contribution is 2.33. The number of aromatic nitrogens is 1. The number of aryl methyl sites for hydroxylation is 1. The molecule has 2 rings (SSSR count). The summed E-state index contributed by atoms with van der Waals surface area (Å²) >= 11 is 0. The van der Waals surface area contributed by atoms with Gasteiger partial charge in [-0.2, -0.15) is 0 Å². The van der Waals surface area contributed by atoms with Crippen LogP contribution in [0.4, 0.5) is 10.6 Å².